The van der Waals surface area contributed by atoms with Gasteiger partial charge in [0.2, 0.25) is 0 Å². The van der Waals surface area contributed by atoms with Crippen LogP contribution in [0.4, 0.5) is 0 Å². The summed E-state index contributed by atoms with van der Waals surface area (Å²) < 4.78 is 0. The summed E-state index contributed by atoms with van der Waals surface area (Å²) in [4.78, 5) is 0. The second-order valence-corrected chi connectivity index (χ2v) is 4.66. The van der Waals surface area contributed by atoms with Crippen molar-refractivity contribution in [3.05, 3.63) is 0 Å². The standard InChI is InChI=1S/C7H14.C6H14/c1-7-5-3-2-4-6-7;1-4-6(3)5-2/h7H,2-6H2,1H3;6H,4-5H2,1-3H3. The quantitative estimate of drug-likeness (QED) is 0.564. The molecule has 1 aliphatic carbocycles. The van der Waals surface area contributed by atoms with Gasteiger partial charge in [0, 0.05) is 0 Å². The van der Waals surface area contributed by atoms with Crippen LogP contribution < -0.4 is 0 Å². The summed E-state index contributed by atoms with van der Waals surface area (Å²) in [7, 11) is 0. The molecule has 0 atom stereocenters. The lowest BCUT2D eigenvalue weighted by atomic mass is 9.91. The molecule has 0 aromatic rings. The molecule has 0 amide bonds. The van der Waals surface area contributed by atoms with E-state index >= 15 is 0 Å². The Balaban J connectivity index is 0.000000226. The highest BCUT2D eigenvalue weighted by Crippen LogP contribution is 2.22. The Bertz CT molecular complexity index is 86.2. The molecule has 1 saturated carbocycles. The van der Waals surface area contributed by atoms with E-state index in [4.69, 9.17) is 0 Å². The molecule has 0 bridgehead atoms. The van der Waals surface area contributed by atoms with Crippen LogP contribution in [-0.2, 0) is 0 Å². The summed E-state index contributed by atoms with van der Waals surface area (Å²) in [6.45, 7) is 9.10. The maximum atomic E-state index is 2.36. The van der Waals surface area contributed by atoms with Crippen LogP contribution in [0.5, 0.6) is 0 Å². The molecule has 1 aliphatic rings. The minimum atomic E-state index is 0.935. The van der Waals surface area contributed by atoms with E-state index in [1.807, 2.05) is 0 Å². The molecule has 1 fully saturated rings. The van der Waals surface area contributed by atoms with Gasteiger partial charge in [-0.1, -0.05) is 72.6 Å². The van der Waals surface area contributed by atoms with Gasteiger partial charge in [-0.25, -0.2) is 0 Å². The minimum Gasteiger partial charge on any atom is -0.0651 e. The van der Waals surface area contributed by atoms with Crippen molar-refractivity contribution in [3.8, 4) is 0 Å². The van der Waals surface area contributed by atoms with Crippen molar-refractivity contribution in [2.75, 3.05) is 0 Å². The molecule has 0 spiro atoms. The molecular formula is C13H28. The third-order valence-corrected chi connectivity index (χ3v) is 3.29. The lowest BCUT2D eigenvalue weighted by molar-refractivity contribution is 0.385. The highest BCUT2D eigenvalue weighted by Gasteiger charge is 2.05. The van der Waals surface area contributed by atoms with Crippen LogP contribution in [0.15, 0.2) is 0 Å². The monoisotopic (exact) mass is 184 g/mol. The van der Waals surface area contributed by atoms with Crippen molar-refractivity contribution >= 4 is 0 Å². The molecule has 1 rings (SSSR count). The Labute approximate surface area is 85.1 Å². The minimum absolute atomic E-state index is 0.935. The zero-order chi connectivity index (χ0) is 10.1. The lowest BCUT2D eigenvalue weighted by Crippen LogP contribution is -1.99. The molecular weight excluding hydrogens is 156 g/mol. The fourth-order valence-corrected chi connectivity index (χ4v) is 1.60. The molecule has 13 heavy (non-hydrogen) atoms. The van der Waals surface area contributed by atoms with Crippen molar-refractivity contribution in [2.45, 2.75) is 72.6 Å². The predicted octanol–water partition coefficient (Wildman–Crippen LogP) is 5.03. The van der Waals surface area contributed by atoms with E-state index in [2.05, 4.69) is 27.7 Å². The first-order chi connectivity index (χ1) is 6.20. The Hall–Kier alpha value is 0. The summed E-state index contributed by atoms with van der Waals surface area (Å²) >= 11 is 0. The van der Waals surface area contributed by atoms with Gasteiger partial charge in [0.15, 0.2) is 0 Å². The van der Waals surface area contributed by atoms with Crippen LogP contribution >= 0.6 is 0 Å². The van der Waals surface area contributed by atoms with Crippen molar-refractivity contribution in [2.24, 2.45) is 11.8 Å². The molecule has 0 nitrogen and oxygen atoms in total. The third-order valence-electron chi connectivity index (χ3n) is 3.29. The second kappa shape index (κ2) is 8.59. The zero-order valence-corrected chi connectivity index (χ0v) is 10.1. The summed E-state index contributed by atoms with van der Waals surface area (Å²) in [5.41, 5.74) is 0. The van der Waals surface area contributed by atoms with E-state index in [1.54, 1.807) is 0 Å². The maximum Gasteiger partial charge on any atom is -0.0443 e. The molecule has 80 valence electrons. The fourth-order valence-electron chi connectivity index (χ4n) is 1.60. The number of hydrogen-bond donors (Lipinski definition) is 0. The average molecular weight is 184 g/mol. The first kappa shape index (κ1) is 13.0. The van der Waals surface area contributed by atoms with Gasteiger partial charge in [0.1, 0.15) is 0 Å². The van der Waals surface area contributed by atoms with E-state index < -0.39 is 0 Å². The van der Waals surface area contributed by atoms with Crippen LogP contribution in [0.3, 0.4) is 0 Å². The summed E-state index contributed by atoms with van der Waals surface area (Å²) in [5, 5.41) is 0. The fraction of sp³-hybridized carbons (Fsp3) is 1.00. The molecule has 0 aromatic heterocycles. The van der Waals surface area contributed by atoms with Crippen molar-refractivity contribution in [3.63, 3.8) is 0 Å². The summed E-state index contributed by atoms with van der Waals surface area (Å²) in [6, 6.07) is 0. The van der Waals surface area contributed by atoms with Crippen molar-refractivity contribution < 1.29 is 0 Å². The first-order valence-corrected chi connectivity index (χ1v) is 6.20. The van der Waals surface area contributed by atoms with Crippen LogP contribution in [0.2, 0.25) is 0 Å². The van der Waals surface area contributed by atoms with Gasteiger partial charge >= 0.3 is 0 Å². The summed E-state index contributed by atoms with van der Waals surface area (Å²) in [5.74, 6) is 1.97. The third kappa shape index (κ3) is 8.33. The summed E-state index contributed by atoms with van der Waals surface area (Å²) in [6.07, 6.45) is 10.1. The Kier molecular flexibility index (Phi) is 8.59. The van der Waals surface area contributed by atoms with Crippen LogP contribution in [0.1, 0.15) is 72.6 Å². The Morgan fingerprint density at radius 2 is 1.46 bits per heavy atom. The largest absolute Gasteiger partial charge is 0.0651 e. The Morgan fingerprint density at radius 3 is 1.62 bits per heavy atom. The second-order valence-electron chi connectivity index (χ2n) is 4.66. The smallest absolute Gasteiger partial charge is 0.0443 e. The maximum absolute atomic E-state index is 2.36. The molecule has 0 aliphatic heterocycles. The predicted molar refractivity (Wildman–Crippen MR) is 62.0 cm³/mol. The van der Waals surface area contributed by atoms with Gasteiger partial charge in [-0.15, -0.1) is 0 Å². The molecule has 0 radical (unpaired) electrons. The topological polar surface area (TPSA) is 0 Å². The van der Waals surface area contributed by atoms with E-state index in [0.717, 1.165) is 11.8 Å². The molecule has 0 heteroatoms. The molecule has 0 aromatic carbocycles. The van der Waals surface area contributed by atoms with Gasteiger partial charge in [0.05, 0.1) is 0 Å². The highest BCUT2D eigenvalue weighted by atomic mass is 14.1. The molecule has 0 N–H and O–H groups in total. The van der Waals surface area contributed by atoms with Crippen molar-refractivity contribution in [1.29, 1.82) is 0 Å². The van der Waals surface area contributed by atoms with Gasteiger partial charge in [0.25, 0.3) is 0 Å². The lowest BCUT2D eigenvalue weighted by Gasteiger charge is -2.15. The van der Waals surface area contributed by atoms with Gasteiger partial charge in [-0.05, 0) is 11.8 Å². The Morgan fingerprint density at radius 1 is 1.00 bits per heavy atom. The van der Waals surface area contributed by atoms with E-state index in [-0.39, 0.29) is 0 Å². The first-order valence-electron chi connectivity index (χ1n) is 6.20. The SMILES string of the molecule is CC1CCCCC1.CCC(C)CC. The number of hydrogen-bond acceptors (Lipinski definition) is 0. The average Bonchev–Trinajstić information content (AvgIpc) is 2.19. The highest BCUT2D eigenvalue weighted by molar-refractivity contribution is 4.59. The molecule has 0 unspecified atom stereocenters. The van der Waals surface area contributed by atoms with E-state index in [9.17, 15) is 0 Å². The van der Waals surface area contributed by atoms with Crippen LogP contribution in [0.25, 0.3) is 0 Å². The van der Waals surface area contributed by atoms with Gasteiger partial charge in [-0.3, -0.25) is 0 Å². The van der Waals surface area contributed by atoms with Crippen LogP contribution in [0, 0.1) is 11.8 Å². The van der Waals surface area contributed by atoms with E-state index in [1.165, 1.54) is 44.9 Å². The van der Waals surface area contributed by atoms with E-state index in [0.29, 0.717) is 0 Å². The zero-order valence-electron chi connectivity index (χ0n) is 10.1. The molecule has 0 heterocycles. The van der Waals surface area contributed by atoms with Gasteiger partial charge < -0.3 is 0 Å². The number of rotatable bonds is 2. The van der Waals surface area contributed by atoms with Crippen molar-refractivity contribution in [1.82, 2.24) is 0 Å². The molecule has 0 saturated heterocycles. The van der Waals surface area contributed by atoms with Gasteiger partial charge in [-0.2, -0.15) is 0 Å². The normalized spacial score (nSPS) is 18.2. The van der Waals surface area contributed by atoms with Crippen LogP contribution in [-0.4, -0.2) is 0 Å².